The summed E-state index contributed by atoms with van der Waals surface area (Å²) < 4.78 is 0. The first-order valence-electron chi connectivity index (χ1n) is 8.99. The first kappa shape index (κ1) is 14.6. The van der Waals surface area contributed by atoms with Gasteiger partial charge in [0.2, 0.25) is 0 Å². The van der Waals surface area contributed by atoms with Crippen molar-refractivity contribution in [1.82, 2.24) is 5.32 Å². The van der Waals surface area contributed by atoms with Crippen LogP contribution in [0.15, 0.2) is 12.2 Å². The van der Waals surface area contributed by atoms with Crippen molar-refractivity contribution >= 4 is 0 Å². The Morgan fingerprint density at radius 1 is 1.15 bits per heavy atom. The van der Waals surface area contributed by atoms with Gasteiger partial charge in [-0.2, -0.15) is 0 Å². The summed E-state index contributed by atoms with van der Waals surface area (Å²) in [6.07, 6.45) is 13.0. The van der Waals surface area contributed by atoms with E-state index in [4.69, 9.17) is 0 Å². The summed E-state index contributed by atoms with van der Waals surface area (Å²) >= 11 is 0. The van der Waals surface area contributed by atoms with E-state index in [0.717, 1.165) is 23.8 Å². The molecule has 114 valence electrons. The summed E-state index contributed by atoms with van der Waals surface area (Å²) in [5, 5.41) is 3.94. The fourth-order valence-corrected chi connectivity index (χ4v) is 5.94. The molecule has 1 unspecified atom stereocenters. The lowest BCUT2D eigenvalue weighted by Gasteiger charge is -2.59. The lowest BCUT2D eigenvalue weighted by atomic mass is 9.47. The van der Waals surface area contributed by atoms with Crippen LogP contribution in [0.5, 0.6) is 0 Å². The van der Waals surface area contributed by atoms with Gasteiger partial charge in [0, 0.05) is 6.04 Å². The van der Waals surface area contributed by atoms with Crippen LogP contribution in [-0.4, -0.2) is 12.6 Å². The van der Waals surface area contributed by atoms with Gasteiger partial charge in [-0.1, -0.05) is 12.5 Å². The summed E-state index contributed by atoms with van der Waals surface area (Å²) in [7, 11) is 0. The van der Waals surface area contributed by atoms with Gasteiger partial charge in [0.05, 0.1) is 0 Å². The lowest BCUT2D eigenvalue weighted by molar-refractivity contribution is -0.0750. The van der Waals surface area contributed by atoms with E-state index in [1.54, 1.807) is 19.3 Å². The average Bonchev–Trinajstić information content (AvgIpc) is 2.36. The van der Waals surface area contributed by atoms with Gasteiger partial charge in [0.1, 0.15) is 0 Å². The van der Waals surface area contributed by atoms with Crippen LogP contribution in [0.4, 0.5) is 0 Å². The molecule has 0 saturated heterocycles. The van der Waals surface area contributed by atoms with Crippen LogP contribution in [0.1, 0.15) is 71.6 Å². The smallest absolute Gasteiger partial charge is 0.0127 e. The zero-order chi connectivity index (χ0) is 14.2. The van der Waals surface area contributed by atoms with Crippen molar-refractivity contribution in [3.8, 4) is 0 Å². The van der Waals surface area contributed by atoms with Gasteiger partial charge >= 0.3 is 0 Å². The third kappa shape index (κ3) is 2.84. The molecule has 4 aliphatic carbocycles. The Kier molecular flexibility index (Phi) is 4.26. The predicted molar refractivity (Wildman–Crippen MR) is 86.7 cm³/mol. The van der Waals surface area contributed by atoms with Gasteiger partial charge in [0.15, 0.2) is 0 Å². The van der Waals surface area contributed by atoms with Crippen molar-refractivity contribution in [3.63, 3.8) is 0 Å². The Balaban J connectivity index is 1.73. The molecule has 4 rings (SSSR count). The van der Waals surface area contributed by atoms with E-state index in [9.17, 15) is 0 Å². The van der Waals surface area contributed by atoms with Crippen LogP contribution < -0.4 is 5.32 Å². The topological polar surface area (TPSA) is 12.0 Å². The molecule has 0 aliphatic heterocycles. The highest BCUT2D eigenvalue weighted by Crippen LogP contribution is 2.61. The second-order valence-electron chi connectivity index (χ2n) is 8.28. The second-order valence-corrected chi connectivity index (χ2v) is 8.28. The minimum atomic E-state index is 0.652. The second kappa shape index (κ2) is 5.83. The quantitative estimate of drug-likeness (QED) is 0.650. The van der Waals surface area contributed by atoms with Gasteiger partial charge in [-0.25, -0.2) is 0 Å². The van der Waals surface area contributed by atoms with Crippen molar-refractivity contribution in [1.29, 1.82) is 0 Å². The molecule has 0 amide bonds. The summed E-state index contributed by atoms with van der Waals surface area (Å²) in [6, 6.07) is 0.757. The normalized spacial score (nSPS) is 40.0. The van der Waals surface area contributed by atoms with Crippen LogP contribution in [0.3, 0.4) is 0 Å². The maximum atomic E-state index is 4.13. The molecule has 0 spiro atoms. The lowest BCUT2D eigenvalue weighted by Crippen LogP contribution is -2.56. The molecule has 0 aromatic heterocycles. The summed E-state index contributed by atoms with van der Waals surface area (Å²) in [5.41, 5.74) is 2.01. The highest BCUT2D eigenvalue weighted by Gasteiger charge is 2.53. The van der Waals surface area contributed by atoms with Gasteiger partial charge in [-0.3, -0.25) is 0 Å². The van der Waals surface area contributed by atoms with Gasteiger partial charge in [-0.05, 0) is 94.4 Å². The van der Waals surface area contributed by atoms with Crippen molar-refractivity contribution in [3.05, 3.63) is 12.2 Å². The standard InChI is InChI=1S/C19H33N/c1-4-7-20-18(6-5-14(2)3)19-11-15-8-16(12-19)10-17(9-15)13-19/h15-18,20H,2,4-13H2,1,3H3. The molecule has 1 heteroatoms. The van der Waals surface area contributed by atoms with E-state index in [-0.39, 0.29) is 0 Å². The molecule has 0 radical (unpaired) electrons. The largest absolute Gasteiger partial charge is 0.313 e. The average molecular weight is 275 g/mol. The van der Waals surface area contributed by atoms with Crippen LogP contribution >= 0.6 is 0 Å². The van der Waals surface area contributed by atoms with Gasteiger partial charge < -0.3 is 5.32 Å². The molecule has 0 aromatic carbocycles. The Morgan fingerprint density at radius 3 is 2.15 bits per heavy atom. The van der Waals surface area contributed by atoms with Crippen molar-refractivity contribution < 1.29 is 0 Å². The van der Waals surface area contributed by atoms with E-state index >= 15 is 0 Å². The zero-order valence-corrected chi connectivity index (χ0v) is 13.6. The molecular formula is C19H33N. The van der Waals surface area contributed by atoms with Crippen LogP contribution in [0.25, 0.3) is 0 Å². The summed E-state index contributed by atoms with van der Waals surface area (Å²) in [5.74, 6) is 3.20. The number of rotatable bonds is 7. The first-order chi connectivity index (χ1) is 9.61. The van der Waals surface area contributed by atoms with E-state index < -0.39 is 0 Å². The molecule has 0 aromatic rings. The van der Waals surface area contributed by atoms with E-state index in [1.807, 2.05) is 0 Å². The molecule has 4 saturated carbocycles. The third-order valence-electron chi connectivity index (χ3n) is 6.33. The molecule has 4 aliphatic rings. The molecular weight excluding hydrogens is 242 g/mol. The Morgan fingerprint density at radius 2 is 1.70 bits per heavy atom. The minimum absolute atomic E-state index is 0.652. The number of allylic oxidation sites excluding steroid dienone is 1. The first-order valence-corrected chi connectivity index (χ1v) is 8.99. The maximum absolute atomic E-state index is 4.13. The fraction of sp³-hybridized carbons (Fsp3) is 0.895. The number of nitrogens with one attached hydrogen (secondary N) is 1. The highest BCUT2D eigenvalue weighted by molar-refractivity contribution is 5.07. The molecule has 20 heavy (non-hydrogen) atoms. The molecule has 4 fully saturated rings. The molecule has 1 N–H and O–H groups in total. The summed E-state index contributed by atoms with van der Waals surface area (Å²) in [6.45, 7) is 9.81. The van der Waals surface area contributed by atoms with Gasteiger partial charge in [-0.15, -0.1) is 6.58 Å². The van der Waals surface area contributed by atoms with Gasteiger partial charge in [0.25, 0.3) is 0 Å². The van der Waals surface area contributed by atoms with Crippen molar-refractivity contribution in [2.45, 2.75) is 77.7 Å². The molecule has 0 heterocycles. The Hall–Kier alpha value is -0.300. The molecule has 1 atom stereocenters. The number of hydrogen-bond donors (Lipinski definition) is 1. The highest BCUT2D eigenvalue weighted by atomic mass is 14.9. The molecule has 1 nitrogen and oxygen atoms in total. The predicted octanol–water partition coefficient (Wildman–Crippen LogP) is 4.93. The maximum Gasteiger partial charge on any atom is 0.0127 e. The van der Waals surface area contributed by atoms with Crippen LogP contribution in [0, 0.1) is 23.2 Å². The zero-order valence-electron chi connectivity index (χ0n) is 13.6. The van der Waals surface area contributed by atoms with E-state index in [0.29, 0.717) is 5.41 Å². The van der Waals surface area contributed by atoms with Crippen LogP contribution in [-0.2, 0) is 0 Å². The molecule has 4 bridgehead atoms. The third-order valence-corrected chi connectivity index (χ3v) is 6.33. The number of hydrogen-bond acceptors (Lipinski definition) is 1. The summed E-state index contributed by atoms with van der Waals surface area (Å²) in [4.78, 5) is 0. The fourth-order valence-electron chi connectivity index (χ4n) is 5.94. The minimum Gasteiger partial charge on any atom is -0.313 e. The Bertz CT molecular complexity index is 321. The Labute approximate surface area is 125 Å². The SMILES string of the molecule is C=C(C)CCC(NCCC)C12CC3CC(CC(C3)C1)C2. The van der Waals surface area contributed by atoms with E-state index in [2.05, 4.69) is 25.7 Å². The van der Waals surface area contributed by atoms with E-state index in [1.165, 1.54) is 50.6 Å². The van der Waals surface area contributed by atoms with Crippen molar-refractivity contribution in [2.24, 2.45) is 23.2 Å². The van der Waals surface area contributed by atoms with Crippen molar-refractivity contribution in [2.75, 3.05) is 6.54 Å². The van der Waals surface area contributed by atoms with Crippen LogP contribution in [0.2, 0.25) is 0 Å². The monoisotopic (exact) mass is 275 g/mol.